The molecular weight excluding hydrogens is 372 g/mol. The average Bonchev–Trinajstić information content (AvgIpc) is 3.30. The minimum absolute atomic E-state index is 0.159. The highest BCUT2D eigenvalue weighted by molar-refractivity contribution is 7.17. The molecule has 1 unspecified atom stereocenters. The van der Waals surface area contributed by atoms with E-state index in [2.05, 4.69) is 5.32 Å². The number of aryl methyl sites for hydroxylation is 1. The van der Waals surface area contributed by atoms with Crippen LogP contribution in [0.15, 0.2) is 47.8 Å². The number of thiophene rings is 1. The number of hydrogen-bond donors (Lipinski definition) is 1. The van der Waals surface area contributed by atoms with Crippen molar-refractivity contribution in [1.29, 1.82) is 0 Å². The first-order valence-electron chi connectivity index (χ1n) is 9.72. The number of carbonyl (C=O) groups is 2. The summed E-state index contributed by atoms with van der Waals surface area (Å²) in [5, 5.41) is 5.08. The van der Waals surface area contributed by atoms with E-state index in [9.17, 15) is 9.59 Å². The fraction of sp³-hybridized carbons (Fsp3) is 0.364. The van der Waals surface area contributed by atoms with E-state index < -0.39 is 12.1 Å². The molecule has 1 aromatic carbocycles. The Morgan fingerprint density at radius 3 is 2.61 bits per heavy atom. The molecule has 28 heavy (non-hydrogen) atoms. The maximum absolute atomic E-state index is 13.0. The zero-order chi connectivity index (χ0) is 19.5. The van der Waals surface area contributed by atoms with E-state index in [0.717, 1.165) is 35.9 Å². The van der Waals surface area contributed by atoms with E-state index in [0.29, 0.717) is 11.3 Å². The summed E-state index contributed by atoms with van der Waals surface area (Å²) in [6.45, 7) is 0. The minimum Gasteiger partial charge on any atom is -0.443 e. The zero-order valence-electron chi connectivity index (χ0n) is 15.9. The van der Waals surface area contributed by atoms with E-state index in [4.69, 9.17) is 4.74 Å². The van der Waals surface area contributed by atoms with Gasteiger partial charge >= 0.3 is 5.97 Å². The van der Waals surface area contributed by atoms with Gasteiger partial charge in [-0.25, -0.2) is 4.79 Å². The van der Waals surface area contributed by atoms with Gasteiger partial charge in [0.15, 0.2) is 0 Å². The van der Waals surface area contributed by atoms with Crippen molar-refractivity contribution in [3.8, 4) is 0 Å². The molecule has 5 nitrogen and oxygen atoms in total. The van der Waals surface area contributed by atoms with Gasteiger partial charge in [0.05, 0.1) is 10.2 Å². The van der Waals surface area contributed by atoms with Crippen molar-refractivity contribution >= 4 is 33.4 Å². The number of benzene rings is 1. The molecule has 0 saturated heterocycles. The van der Waals surface area contributed by atoms with Crippen LogP contribution in [-0.2, 0) is 16.6 Å². The largest absolute Gasteiger partial charge is 0.443 e. The quantitative estimate of drug-likeness (QED) is 0.642. The van der Waals surface area contributed by atoms with Gasteiger partial charge in [0.25, 0.3) is 5.91 Å². The lowest BCUT2D eigenvalue weighted by molar-refractivity contribution is -0.131. The fourth-order valence-corrected chi connectivity index (χ4v) is 4.69. The van der Waals surface area contributed by atoms with Crippen molar-refractivity contribution in [3.05, 3.63) is 59.1 Å². The zero-order valence-corrected chi connectivity index (χ0v) is 16.7. The summed E-state index contributed by atoms with van der Waals surface area (Å²) in [5.41, 5.74) is 2.12. The fourth-order valence-electron chi connectivity index (χ4n) is 3.84. The maximum atomic E-state index is 13.0. The molecule has 146 valence electrons. The lowest BCUT2D eigenvalue weighted by Gasteiger charge is -2.25. The highest BCUT2D eigenvalue weighted by atomic mass is 32.1. The van der Waals surface area contributed by atoms with Crippen molar-refractivity contribution in [1.82, 2.24) is 9.88 Å². The normalized spacial score (nSPS) is 16.0. The second-order valence-electron chi connectivity index (χ2n) is 7.30. The molecule has 0 radical (unpaired) electrons. The third kappa shape index (κ3) is 3.83. The van der Waals surface area contributed by atoms with Gasteiger partial charge in [-0.1, -0.05) is 49.6 Å². The molecule has 0 spiro atoms. The molecule has 2 aromatic heterocycles. The number of nitrogens with zero attached hydrogens (tertiary/aromatic N) is 1. The predicted molar refractivity (Wildman–Crippen MR) is 110 cm³/mol. The first-order valence-corrected chi connectivity index (χ1v) is 10.6. The highest BCUT2D eigenvalue weighted by Crippen LogP contribution is 2.27. The molecule has 0 aliphatic heterocycles. The third-order valence-electron chi connectivity index (χ3n) is 5.39. The van der Waals surface area contributed by atoms with Gasteiger partial charge in [-0.2, -0.15) is 0 Å². The van der Waals surface area contributed by atoms with Gasteiger partial charge in [0, 0.05) is 18.7 Å². The van der Waals surface area contributed by atoms with Crippen molar-refractivity contribution in [2.75, 3.05) is 0 Å². The summed E-state index contributed by atoms with van der Waals surface area (Å²) >= 11 is 1.58. The number of ether oxygens (including phenoxy) is 1. The van der Waals surface area contributed by atoms with E-state index in [1.165, 1.54) is 6.42 Å². The molecular formula is C22H24N2O3S. The Hall–Kier alpha value is -2.60. The molecule has 1 N–H and O–H groups in total. The monoisotopic (exact) mass is 396 g/mol. The number of aromatic nitrogens is 1. The van der Waals surface area contributed by atoms with Gasteiger partial charge in [0.2, 0.25) is 6.10 Å². The second-order valence-corrected chi connectivity index (χ2v) is 8.25. The Morgan fingerprint density at radius 1 is 1.14 bits per heavy atom. The number of nitrogens with one attached hydrogen (secondary N) is 1. The number of fused-ring (bicyclic) bond motifs is 1. The van der Waals surface area contributed by atoms with E-state index >= 15 is 0 Å². The number of hydrogen-bond acceptors (Lipinski definition) is 4. The van der Waals surface area contributed by atoms with Crippen LogP contribution in [0.3, 0.4) is 0 Å². The summed E-state index contributed by atoms with van der Waals surface area (Å²) in [4.78, 5) is 25.9. The Morgan fingerprint density at radius 2 is 1.89 bits per heavy atom. The number of esters is 1. The molecule has 3 aromatic rings. The number of amides is 1. The van der Waals surface area contributed by atoms with E-state index in [-0.39, 0.29) is 11.9 Å². The molecule has 1 aliphatic rings. The van der Waals surface area contributed by atoms with E-state index in [1.807, 2.05) is 59.5 Å². The molecule has 6 heteroatoms. The molecule has 1 saturated carbocycles. The van der Waals surface area contributed by atoms with E-state index in [1.54, 1.807) is 11.3 Å². The molecule has 2 heterocycles. The van der Waals surface area contributed by atoms with Gasteiger partial charge in [0.1, 0.15) is 5.69 Å². The molecule has 4 rings (SSSR count). The van der Waals surface area contributed by atoms with Gasteiger partial charge in [-0.3, -0.25) is 4.79 Å². The Labute approximate surface area is 168 Å². The summed E-state index contributed by atoms with van der Waals surface area (Å²) in [6, 6.07) is 13.2. The van der Waals surface area contributed by atoms with Gasteiger partial charge < -0.3 is 14.6 Å². The first-order chi connectivity index (χ1) is 13.6. The average molecular weight is 397 g/mol. The molecule has 0 bridgehead atoms. The Balaban J connectivity index is 1.56. The predicted octanol–water partition coefficient (Wildman–Crippen LogP) is 4.59. The van der Waals surface area contributed by atoms with Crippen molar-refractivity contribution < 1.29 is 14.3 Å². The molecule has 1 aliphatic carbocycles. The smallest absolute Gasteiger partial charge is 0.356 e. The van der Waals surface area contributed by atoms with Crippen LogP contribution in [0.5, 0.6) is 0 Å². The van der Waals surface area contributed by atoms with Gasteiger partial charge in [-0.15, -0.1) is 11.3 Å². The van der Waals surface area contributed by atoms with Crippen LogP contribution >= 0.6 is 11.3 Å². The topological polar surface area (TPSA) is 60.3 Å². The second kappa shape index (κ2) is 8.19. The molecule has 1 amide bonds. The number of rotatable bonds is 5. The minimum atomic E-state index is -0.955. The third-order valence-corrected chi connectivity index (χ3v) is 6.24. The SMILES string of the molecule is Cn1c(C(=O)OC(C(=O)NC2CCCCC2)c2ccccc2)cc2sccc21. The summed E-state index contributed by atoms with van der Waals surface area (Å²) in [5.74, 6) is -0.735. The highest BCUT2D eigenvalue weighted by Gasteiger charge is 2.29. The van der Waals surface area contributed by atoms with Crippen LogP contribution < -0.4 is 5.32 Å². The van der Waals surface area contributed by atoms with Crippen molar-refractivity contribution in [2.45, 2.75) is 44.2 Å². The van der Waals surface area contributed by atoms with Crippen molar-refractivity contribution in [2.24, 2.45) is 7.05 Å². The standard InChI is InChI=1S/C22H24N2O3S/c1-24-17-12-13-28-19(17)14-18(24)22(26)27-20(15-8-4-2-5-9-15)21(25)23-16-10-6-3-7-11-16/h2,4-5,8-9,12-14,16,20H,3,6-7,10-11H2,1H3,(H,23,25). The molecule has 1 atom stereocenters. The van der Waals surface area contributed by atoms with Crippen LogP contribution in [0.4, 0.5) is 0 Å². The maximum Gasteiger partial charge on any atom is 0.356 e. The van der Waals surface area contributed by atoms with Crippen LogP contribution in [0, 0.1) is 0 Å². The van der Waals surface area contributed by atoms with Crippen LogP contribution in [0.25, 0.3) is 10.2 Å². The molecule has 1 fully saturated rings. The van der Waals surface area contributed by atoms with Crippen LogP contribution in [-0.4, -0.2) is 22.5 Å². The Kier molecular flexibility index (Phi) is 5.48. The number of carbonyl (C=O) groups excluding carboxylic acids is 2. The summed E-state index contributed by atoms with van der Waals surface area (Å²) in [7, 11) is 1.84. The summed E-state index contributed by atoms with van der Waals surface area (Å²) < 4.78 is 8.58. The first kappa shape index (κ1) is 18.7. The van der Waals surface area contributed by atoms with Crippen LogP contribution in [0.2, 0.25) is 0 Å². The van der Waals surface area contributed by atoms with Crippen LogP contribution in [0.1, 0.15) is 54.3 Å². The Bertz CT molecular complexity index is 970. The lowest BCUT2D eigenvalue weighted by atomic mass is 9.95. The van der Waals surface area contributed by atoms with Gasteiger partial charge in [-0.05, 0) is 30.4 Å². The lowest BCUT2D eigenvalue weighted by Crippen LogP contribution is -2.40. The summed E-state index contributed by atoms with van der Waals surface area (Å²) in [6.07, 6.45) is 4.48. The van der Waals surface area contributed by atoms with Crippen molar-refractivity contribution in [3.63, 3.8) is 0 Å².